The van der Waals surface area contributed by atoms with Crippen molar-refractivity contribution in [3.8, 4) is 0 Å². The lowest BCUT2D eigenvalue weighted by Crippen LogP contribution is -2.61. The topological polar surface area (TPSA) is 276 Å². The molecule has 3 fully saturated rings. The molecule has 2 aliphatic heterocycles. The first-order valence-electron chi connectivity index (χ1n) is 19.9. The molecule has 59 heavy (non-hydrogen) atoms. The molecular formula is C39H57F3N8O9. The Morgan fingerprint density at radius 3 is 2.12 bits per heavy atom. The van der Waals surface area contributed by atoms with Crippen molar-refractivity contribution >= 4 is 47.4 Å². The molecule has 2 heterocycles. The fourth-order valence-electron chi connectivity index (χ4n) is 7.63. The van der Waals surface area contributed by atoms with Crippen LogP contribution in [0, 0.1) is 17.8 Å². The highest BCUT2D eigenvalue weighted by molar-refractivity contribution is 5.97. The van der Waals surface area contributed by atoms with Gasteiger partial charge in [-0.3, -0.25) is 33.8 Å². The molecule has 0 aromatic heterocycles. The summed E-state index contributed by atoms with van der Waals surface area (Å²) in [5.41, 5.74) is 12.0. The van der Waals surface area contributed by atoms with Gasteiger partial charge in [0.25, 0.3) is 0 Å². The van der Waals surface area contributed by atoms with Gasteiger partial charge in [-0.1, -0.05) is 63.4 Å². The summed E-state index contributed by atoms with van der Waals surface area (Å²) in [6, 6.07) is 5.35. The summed E-state index contributed by atoms with van der Waals surface area (Å²) < 4.78 is 31.7. The number of carboxylic acids is 2. The number of carbonyl (C=O) groups excluding carboxylic acids is 5. The lowest BCUT2D eigenvalue weighted by atomic mass is 9.86. The Kier molecular flexibility index (Phi) is 18.4. The van der Waals surface area contributed by atoms with Crippen LogP contribution in [0.1, 0.15) is 90.0 Å². The predicted octanol–water partition coefficient (Wildman–Crippen LogP) is 1.58. The molecule has 3 aliphatic rings. The van der Waals surface area contributed by atoms with Crippen LogP contribution in [0.15, 0.2) is 35.3 Å². The highest BCUT2D eigenvalue weighted by atomic mass is 19.4. The number of rotatable bonds is 17. The third-order valence-corrected chi connectivity index (χ3v) is 10.5. The number of hydrogen-bond acceptors (Lipinski definition) is 8. The Bertz CT molecular complexity index is 1650. The number of nitrogens with zero attached hydrogens (tertiary/aromatic N) is 2. The van der Waals surface area contributed by atoms with Crippen LogP contribution in [0.5, 0.6) is 0 Å². The van der Waals surface area contributed by atoms with Gasteiger partial charge in [0.15, 0.2) is 5.96 Å². The second kappa shape index (κ2) is 22.6. The fourth-order valence-corrected chi connectivity index (χ4v) is 7.63. The van der Waals surface area contributed by atoms with Crippen LogP contribution in [0.3, 0.4) is 0 Å². The number of carboxylic acid groups (broad SMARTS) is 2. The van der Waals surface area contributed by atoms with Gasteiger partial charge in [0.1, 0.15) is 24.2 Å². The molecular weight excluding hydrogens is 781 g/mol. The maximum atomic E-state index is 14.2. The first-order valence-corrected chi connectivity index (χ1v) is 19.9. The number of fused-ring (bicyclic) bond motifs is 1. The predicted molar refractivity (Wildman–Crippen MR) is 208 cm³/mol. The highest BCUT2D eigenvalue weighted by Gasteiger charge is 2.51. The second-order valence-corrected chi connectivity index (χ2v) is 15.6. The van der Waals surface area contributed by atoms with E-state index in [4.69, 9.17) is 21.4 Å². The maximum absolute atomic E-state index is 14.2. The number of nitrogens with one attached hydrogen (secondary N) is 4. The van der Waals surface area contributed by atoms with E-state index in [0.717, 1.165) is 37.7 Å². The highest BCUT2D eigenvalue weighted by Crippen LogP contribution is 2.39. The molecule has 5 amide bonds. The van der Waals surface area contributed by atoms with Crippen LogP contribution in [0.2, 0.25) is 0 Å². The molecule has 1 aromatic rings. The Morgan fingerprint density at radius 1 is 0.898 bits per heavy atom. The number of hydrogen-bond donors (Lipinski definition) is 8. The average Bonchev–Trinajstić information content (AvgIpc) is 3.54. The minimum atomic E-state index is -5.08. The van der Waals surface area contributed by atoms with Gasteiger partial charge in [-0.15, -0.1) is 0 Å². The zero-order valence-electron chi connectivity index (χ0n) is 33.3. The Hall–Kier alpha value is -5.43. The van der Waals surface area contributed by atoms with Gasteiger partial charge in [0.2, 0.25) is 29.5 Å². The van der Waals surface area contributed by atoms with E-state index in [0.29, 0.717) is 25.7 Å². The van der Waals surface area contributed by atoms with Crippen LogP contribution in [-0.2, 0) is 40.0 Å². The number of alkyl halides is 3. The van der Waals surface area contributed by atoms with Crippen LogP contribution in [-0.4, -0.2) is 112 Å². The van der Waals surface area contributed by atoms with Crippen LogP contribution < -0.4 is 32.7 Å². The third-order valence-electron chi connectivity index (χ3n) is 10.5. The summed E-state index contributed by atoms with van der Waals surface area (Å²) in [6.07, 6.45) is 1.32. The number of aliphatic carboxylic acids is 2. The normalized spacial score (nSPS) is 21.5. The average molecular weight is 839 g/mol. The maximum Gasteiger partial charge on any atom is 0.490 e. The molecule has 4 rings (SSSR count). The minimum absolute atomic E-state index is 0.0455. The molecule has 1 unspecified atom stereocenters. The summed E-state index contributed by atoms with van der Waals surface area (Å²) in [6.45, 7) is 4.20. The summed E-state index contributed by atoms with van der Waals surface area (Å²) in [4.78, 5) is 94.3. The third kappa shape index (κ3) is 15.4. The molecule has 328 valence electrons. The van der Waals surface area contributed by atoms with Crippen molar-refractivity contribution < 1.29 is 56.9 Å². The van der Waals surface area contributed by atoms with E-state index in [1.165, 1.54) is 0 Å². The molecule has 6 atom stereocenters. The lowest BCUT2D eigenvalue weighted by molar-refractivity contribution is -0.192. The van der Waals surface area contributed by atoms with E-state index in [2.05, 4.69) is 26.3 Å². The SMILES string of the molecule is CC(C)CNC(=O)[C@H](CC(=O)O)NC(=O)[C@H](CCCN=C(N)N)NC(=O)[C@@H]1C[C@@H](Cc2ccccc2)C2CC[C@@H](NC(=O)C3CCCCC3)C(=O)N21.O=C(O)C(F)(F)F. The van der Waals surface area contributed by atoms with Crippen molar-refractivity contribution in [1.29, 1.82) is 0 Å². The van der Waals surface area contributed by atoms with Gasteiger partial charge in [-0.05, 0) is 68.8 Å². The number of benzene rings is 1. The number of amides is 5. The van der Waals surface area contributed by atoms with Gasteiger partial charge in [-0.25, -0.2) is 4.79 Å². The molecule has 17 nitrogen and oxygen atoms in total. The molecule has 0 spiro atoms. The number of guanidine groups is 1. The second-order valence-electron chi connectivity index (χ2n) is 15.6. The molecule has 1 aliphatic carbocycles. The number of nitrogens with two attached hydrogens (primary N) is 2. The van der Waals surface area contributed by atoms with Gasteiger partial charge >= 0.3 is 18.1 Å². The summed E-state index contributed by atoms with van der Waals surface area (Å²) in [5, 5.41) is 27.6. The number of aliphatic imine (C=N–C) groups is 1. The Balaban J connectivity index is 0.00000122. The standard InChI is InChI=1S/C37H56N8O7.C2HF3O2/c1-22(2)21-41-33(49)28(20-31(46)47)44-34(50)26(14-9-17-40-37(38)39)42-35(51)30-19-25(18-23-10-5-3-6-11-23)29-16-15-27(36(52)45(29)30)43-32(48)24-12-7-4-8-13-24;3-2(4,5)1(6)7/h3,5-6,10-11,22,24-30H,4,7-9,12-21H2,1-2H3,(H,41,49)(H,42,51)(H,43,48)(H,44,50)(H,46,47)(H4,38,39,40);(H,6,7)/t25-,26+,27-,28+,29?,30+;/m1./s1. The Morgan fingerprint density at radius 2 is 1.54 bits per heavy atom. The van der Waals surface area contributed by atoms with Crippen molar-refractivity contribution in [3.05, 3.63) is 35.9 Å². The van der Waals surface area contributed by atoms with E-state index in [-0.39, 0.29) is 67.5 Å². The van der Waals surface area contributed by atoms with Crippen molar-refractivity contribution in [3.63, 3.8) is 0 Å². The molecule has 20 heteroatoms. The zero-order valence-corrected chi connectivity index (χ0v) is 33.3. The Labute approximate surface area is 340 Å². The van der Waals surface area contributed by atoms with Gasteiger partial charge in [-0.2, -0.15) is 13.2 Å². The van der Waals surface area contributed by atoms with Crippen LogP contribution >= 0.6 is 0 Å². The van der Waals surface area contributed by atoms with E-state index in [9.17, 15) is 47.0 Å². The van der Waals surface area contributed by atoms with Crippen molar-refractivity contribution in [2.45, 2.75) is 127 Å². The van der Waals surface area contributed by atoms with E-state index in [1.54, 1.807) is 4.90 Å². The largest absolute Gasteiger partial charge is 0.490 e. The first kappa shape index (κ1) is 47.9. The molecule has 0 bridgehead atoms. The van der Waals surface area contributed by atoms with Crippen molar-refractivity contribution in [1.82, 2.24) is 26.2 Å². The van der Waals surface area contributed by atoms with E-state index >= 15 is 0 Å². The van der Waals surface area contributed by atoms with E-state index < -0.39 is 66.4 Å². The van der Waals surface area contributed by atoms with Crippen molar-refractivity contribution in [2.24, 2.45) is 34.2 Å². The number of halogens is 3. The number of carbonyl (C=O) groups is 7. The summed E-state index contributed by atoms with van der Waals surface area (Å²) in [5.74, 6) is -6.64. The smallest absolute Gasteiger partial charge is 0.481 e. The molecule has 1 aromatic carbocycles. The quantitative estimate of drug-likeness (QED) is 0.0634. The van der Waals surface area contributed by atoms with E-state index in [1.807, 2.05) is 44.2 Å². The first-order chi connectivity index (χ1) is 27.8. The van der Waals surface area contributed by atoms with Crippen molar-refractivity contribution in [2.75, 3.05) is 13.1 Å². The zero-order chi connectivity index (χ0) is 43.9. The van der Waals surface area contributed by atoms with Crippen LogP contribution in [0.25, 0.3) is 0 Å². The summed E-state index contributed by atoms with van der Waals surface area (Å²) in [7, 11) is 0. The molecule has 10 N–H and O–H groups in total. The van der Waals surface area contributed by atoms with Crippen LogP contribution in [0.4, 0.5) is 13.2 Å². The summed E-state index contributed by atoms with van der Waals surface area (Å²) >= 11 is 0. The van der Waals surface area contributed by atoms with Gasteiger partial charge in [0.05, 0.1) is 6.42 Å². The lowest BCUT2D eigenvalue weighted by Gasteiger charge is -2.39. The minimum Gasteiger partial charge on any atom is -0.481 e. The monoisotopic (exact) mass is 838 g/mol. The molecule has 0 radical (unpaired) electrons. The number of piperidine rings is 1. The van der Waals surface area contributed by atoms with Gasteiger partial charge in [0, 0.05) is 25.0 Å². The van der Waals surface area contributed by atoms with Gasteiger partial charge < -0.3 is 47.8 Å². The molecule has 1 saturated carbocycles. The fraction of sp³-hybridized carbons (Fsp3) is 0.641. The molecule has 2 saturated heterocycles.